The summed E-state index contributed by atoms with van der Waals surface area (Å²) >= 11 is 8.29. The van der Waals surface area contributed by atoms with E-state index in [-0.39, 0.29) is 11.8 Å². The van der Waals surface area contributed by atoms with Gasteiger partial charge in [-0.2, -0.15) is 0 Å². The van der Waals surface area contributed by atoms with Gasteiger partial charge in [-0.3, -0.25) is 9.78 Å². The molecule has 7 nitrogen and oxygen atoms in total. The highest BCUT2D eigenvalue weighted by molar-refractivity contribution is 7.99. The highest BCUT2D eigenvalue weighted by Crippen LogP contribution is 2.43. The van der Waals surface area contributed by atoms with Gasteiger partial charge in [-0.1, -0.05) is 17.7 Å². The quantitative estimate of drug-likeness (QED) is 0.259. The summed E-state index contributed by atoms with van der Waals surface area (Å²) in [5.41, 5.74) is 0.994. The van der Waals surface area contributed by atoms with Crippen LogP contribution in [-0.2, 0) is 4.79 Å². The Kier molecular flexibility index (Phi) is 9.76. The molecule has 1 atom stereocenters. The first kappa shape index (κ1) is 28.5. The molecule has 3 aromatic rings. The van der Waals surface area contributed by atoms with Crippen molar-refractivity contribution in [2.75, 3.05) is 39.6 Å². The third-order valence-electron chi connectivity index (χ3n) is 7.51. The molecule has 2 N–H and O–H groups in total. The smallest absolute Gasteiger partial charge is 0.303 e. The lowest BCUT2D eigenvalue weighted by atomic mass is 9.71. The van der Waals surface area contributed by atoms with E-state index in [4.69, 9.17) is 21.1 Å². The van der Waals surface area contributed by atoms with Gasteiger partial charge in [0.2, 0.25) is 0 Å². The summed E-state index contributed by atoms with van der Waals surface area (Å²) < 4.78 is 10.7. The molecule has 1 unspecified atom stereocenters. The molecule has 204 valence electrons. The van der Waals surface area contributed by atoms with E-state index in [1.165, 1.54) is 4.90 Å². The van der Waals surface area contributed by atoms with Crippen LogP contribution in [-0.4, -0.2) is 65.7 Å². The fourth-order valence-corrected chi connectivity index (χ4v) is 6.53. The minimum absolute atomic E-state index is 0.102. The highest BCUT2D eigenvalue weighted by atomic mass is 35.5. The molecule has 4 rings (SSSR count). The van der Waals surface area contributed by atoms with Gasteiger partial charge in [-0.05, 0) is 80.6 Å². The molecule has 0 spiro atoms. The van der Waals surface area contributed by atoms with Crippen LogP contribution in [0.15, 0.2) is 53.6 Å². The molecule has 1 aromatic heterocycles. The second kappa shape index (κ2) is 13.0. The molecule has 9 heteroatoms. The Morgan fingerprint density at radius 3 is 2.61 bits per heavy atom. The molecule has 0 amide bonds. The van der Waals surface area contributed by atoms with Gasteiger partial charge in [0, 0.05) is 34.3 Å². The number of carboxylic acids is 1. The Hall–Kier alpha value is -2.52. The highest BCUT2D eigenvalue weighted by Gasteiger charge is 2.37. The normalized spacial score (nSPS) is 16.3. The summed E-state index contributed by atoms with van der Waals surface area (Å²) in [4.78, 5) is 19.8. The van der Waals surface area contributed by atoms with Gasteiger partial charge in [0.1, 0.15) is 11.5 Å². The molecule has 1 aliphatic heterocycles. The van der Waals surface area contributed by atoms with Crippen molar-refractivity contribution in [1.29, 1.82) is 0 Å². The first-order valence-corrected chi connectivity index (χ1v) is 14.2. The molecule has 1 aliphatic rings. The van der Waals surface area contributed by atoms with E-state index in [0.29, 0.717) is 29.2 Å². The molecule has 38 heavy (non-hydrogen) atoms. The predicted octanol–water partition coefficient (Wildman–Crippen LogP) is 6.07. The number of piperidine rings is 1. The molecule has 0 saturated carbocycles. The SMILES string of the molecule is COc1cccc(SCCN2CCC(CCC(O)c3c(Cl)cnc4ccc(OC)cc34)(CC(=O)O)CC2)c1. The second-order valence-electron chi connectivity index (χ2n) is 9.90. The average molecular weight is 559 g/mol. The summed E-state index contributed by atoms with van der Waals surface area (Å²) in [6, 6.07) is 13.6. The molecular weight excluding hydrogens is 524 g/mol. The molecule has 0 bridgehead atoms. The van der Waals surface area contributed by atoms with Crippen molar-refractivity contribution in [3.05, 3.63) is 59.2 Å². The Balaban J connectivity index is 1.37. The van der Waals surface area contributed by atoms with Crippen molar-refractivity contribution in [3.63, 3.8) is 0 Å². The van der Waals surface area contributed by atoms with Crippen LogP contribution in [0.25, 0.3) is 10.9 Å². The number of hydrogen-bond acceptors (Lipinski definition) is 7. The van der Waals surface area contributed by atoms with Crippen molar-refractivity contribution in [2.24, 2.45) is 5.41 Å². The van der Waals surface area contributed by atoms with Crippen molar-refractivity contribution in [2.45, 2.75) is 43.1 Å². The third kappa shape index (κ3) is 7.11. The summed E-state index contributed by atoms with van der Waals surface area (Å²) in [6.07, 6.45) is 3.44. The fraction of sp³-hybridized carbons (Fsp3) is 0.448. The number of methoxy groups -OCH3 is 2. The average Bonchev–Trinajstić information content (AvgIpc) is 2.92. The maximum absolute atomic E-state index is 11.8. The zero-order chi connectivity index (χ0) is 27.1. The number of aromatic nitrogens is 1. The Labute approximate surface area is 233 Å². The van der Waals surface area contributed by atoms with Crippen molar-refractivity contribution in [1.82, 2.24) is 9.88 Å². The maximum Gasteiger partial charge on any atom is 0.303 e. The zero-order valence-electron chi connectivity index (χ0n) is 21.9. The van der Waals surface area contributed by atoms with Gasteiger partial charge in [0.25, 0.3) is 0 Å². The molecule has 0 radical (unpaired) electrons. The topological polar surface area (TPSA) is 92.1 Å². The second-order valence-corrected chi connectivity index (χ2v) is 11.5. The number of fused-ring (bicyclic) bond motifs is 1. The number of hydrogen-bond donors (Lipinski definition) is 2. The van der Waals surface area contributed by atoms with E-state index in [1.807, 2.05) is 36.4 Å². The lowest BCUT2D eigenvalue weighted by Crippen LogP contribution is -2.42. The maximum atomic E-state index is 11.8. The molecule has 0 aliphatic carbocycles. The Morgan fingerprint density at radius 1 is 1.16 bits per heavy atom. The Bertz CT molecular complexity index is 1250. The predicted molar refractivity (Wildman–Crippen MR) is 152 cm³/mol. The molecule has 2 heterocycles. The van der Waals surface area contributed by atoms with Crippen LogP contribution < -0.4 is 9.47 Å². The number of halogens is 1. The monoisotopic (exact) mass is 558 g/mol. The van der Waals surface area contributed by atoms with Gasteiger partial charge in [-0.15, -0.1) is 11.8 Å². The molecular formula is C29H35ClN2O5S. The van der Waals surface area contributed by atoms with Crippen molar-refractivity contribution < 1.29 is 24.5 Å². The fourth-order valence-electron chi connectivity index (χ4n) is 5.29. The van der Waals surface area contributed by atoms with Crippen LogP contribution in [0.2, 0.25) is 5.02 Å². The number of carboxylic acid groups (broad SMARTS) is 1. The van der Waals surface area contributed by atoms with Crippen LogP contribution in [0, 0.1) is 5.41 Å². The number of benzene rings is 2. The first-order valence-electron chi connectivity index (χ1n) is 12.8. The number of aliphatic hydroxyl groups excluding tert-OH is 1. The number of pyridine rings is 1. The zero-order valence-corrected chi connectivity index (χ0v) is 23.4. The number of carbonyl (C=O) groups is 1. The summed E-state index contributed by atoms with van der Waals surface area (Å²) in [6.45, 7) is 2.63. The van der Waals surface area contributed by atoms with Gasteiger partial charge < -0.3 is 24.6 Å². The number of aliphatic carboxylic acids is 1. The number of nitrogens with zero attached hydrogens (tertiary/aromatic N) is 2. The largest absolute Gasteiger partial charge is 0.497 e. The van der Waals surface area contributed by atoms with Gasteiger partial charge in [0.05, 0.1) is 37.3 Å². The summed E-state index contributed by atoms with van der Waals surface area (Å²) in [7, 11) is 3.26. The van der Waals surface area contributed by atoms with Crippen LogP contribution >= 0.6 is 23.4 Å². The lowest BCUT2D eigenvalue weighted by molar-refractivity contribution is -0.141. The van der Waals surface area contributed by atoms with E-state index in [9.17, 15) is 15.0 Å². The Morgan fingerprint density at radius 2 is 1.89 bits per heavy atom. The number of ether oxygens (including phenoxy) is 2. The van der Waals surface area contributed by atoms with E-state index >= 15 is 0 Å². The first-order chi connectivity index (χ1) is 18.3. The van der Waals surface area contributed by atoms with E-state index in [1.54, 1.807) is 32.2 Å². The van der Waals surface area contributed by atoms with E-state index < -0.39 is 12.1 Å². The number of likely N-dealkylation sites (tertiary alicyclic amines) is 1. The minimum atomic E-state index is -0.830. The standard InChI is InChI=1S/C29H35ClN2O5S/c1-36-20-4-3-5-22(16-20)38-15-14-32-12-10-29(11-13-32,18-27(34)35)9-8-26(33)28-23-17-21(37-2)6-7-25(23)31-19-24(28)30/h3-7,16-17,19,26,33H,8-15,18H2,1-2H3,(H,34,35). The minimum Gasteiger partial charge on any atom is -0.497 e. The number of rotatable bonds is 12. The van der Waals surface area contributed by atoms with Crippen molar-refractivity contribution >= 4 is 40.2 Å². The van der Waals surface area contributed by atoms with Gasteiger partial charge >= 0.3 is 5.97 Å². The number of aliphatic hydroxyl groups is 1. The van der Waals surface area contributed by atoms with Crippen LogP contribution in [0.5, 0.6) is 11.5 Å². The summed E-state index contributed by atoms with van der Waals surface area (Å²) in [5, 5.41) is 22.1. The molecule has 1 fully saturated rings. The lowest BCUT2D eigenvalue weighted by Gasteiger charge is -2.41. The van der Waals surface area contributed by atoms with Gasteiger partial charge in [0.15, 0.2) is 0 Å². The van der Waals surface area contributed by atoms with E-state index in [0.717, 1.165) is 54.9 Å². The number of thioether (sulfide) groups is 1. The van der Waals surface area contributed by atoms with Crippen LogP contribution in [0.3, 0.4) is 0 Å². The molecule has 2 aromatic carbocycles. The van der Waals surface area contributed by atoms with Crippen LogP contribution in [0.4, 0.5) is 0 Å². The van der Waals surface area contributed by atoms with Crippen molar-refractivity contribution in [3.8, 4) is 11.5 Å². The van der Waals surface area contributed by atoms with E-state index in [2.05, 4.69) is 16.0 Å². The van der Waals surface area contributed by atoms with Crippen LogP contribution in [0.1, 0.15) is 43.8 Å². The third-order valence-corrected chi connectivity index (χ3v) is 8.79. The summed E-state index contributed by atoms with van der Waals surface area (Å²) in [5.74, 6) is 1.68. The van der Waals surface area contributed by atoms with Gasteiger partial charge in [-0.25, -0.2) is 0 Å². The molecule has 1 saturated heterocycles.